The van der Waals surface area contributed by atoms with Crippen LogP contribution in [0.4, 0.5) is 0 Å². The summed E-state index contributed by atoms with van der Waals surface area (Å²) in [6.45, 7) is -0.265. The third-order valence-corrected chi connectivity index (χ3v) is 2.94. The number of nitrogens with zero attached hydrogens (tertiary/aromatic N) is 1. The van der Waals surface area contributed by atoms with Crippen molar-refractivity contribution >= 4 is 15.6 Å². The Hall–Kier alpha value is 1.22. The Labute approximate surface area is 111 Å². The Morgan fingerprint density at radius 1 is 1.27 bits per heavy atom. The summed E-state index contributed by atoms with van der Waals surface area (Å²) in [5.41, 5.74) is 0. The minimum atomic E-state index is -4.48. The molecule has 0 atom stereocenters. The van der Waals surface area contributed by atoms with Crippen molar-refractivity contribution in [2.45, 2.75) is 6.42 Å². The first-order valence-electron chi connectivity index (χ1n) is 3.60. The van der Waals surface area contributed by atoms with Gasteiger partial charge in [0, 0.05) is 6.54 Å². The average Bonchev–Trinajstić information content (AvgIpc) is 1.93. The summed E-state index contributed by atoms with van der Waals surface area (Å²) in [6.07, 6.45) is 0.118. The zero-order chi connectivity index (χ0) is 11.4. The molecule has 0 amide bonds. The second-order valence-electron chi connectivity index (χ2n) is 2.57. The number of phosphoric ester groups is 1. The molecule has 0 bridgehead atoms. The van der Waals surface area contributed by atoms with E-state index in [0.717, 1.165) is 4.67 Å². The minimum Gasteiger partial charge on any atom is -1.00 e. The van der Waals surface area contributed by atoms with Crippen LogP contribution in [0, 0.1) is 0 Å². The molecule has 0 heterocycles. The van der Waals surface area contributed by atoms with Crippen LogP contribution in [0.2, 0.25) is 0 Å². The van der Waals surface area contributed by atoms with E-state index in [2.05, 4.69) is 4.52 Å². The maximum atomic E-state index is 10.5. The van der Waals surface area contributed by atoms with Gasteiger partial charge in [0.05, 0.1) is 6.61 Å². The number of rotatable bonds is 6. The van der Waals surface area contributed by atoms with Crippen LogP contribution < -0.4 is 29.6 Å². The predicted molar refractivity (Wildman–Crippen MR) is 48.4 cm³/mol. The summed E-state index contributed by atoms with van der Waals surface area (Å²) in [5, 5.41) is 0. The molecule has 0 saturated heterocycles. The average molecular weight is 273 g/mol. The van der Waals surface area contributed by atoms with E-state index in [-0.39, 0.29) is 50.6 Å². The summed E-state index contributed by atoms with van der Waals surface area (Å²) in [4.78, 5) is 33.7. The molecule has 8 nitrogen and oxygen atoms in total. The van der Waals surface area contributed by atoms with Crippen LogP contribution in [-0.2, 0) is 13.7 Å². The van der Waals surface area contributed by atoms with Crippen molar-refractivity contribution in [1.29, 1.82) is 0 Å². The molecule has 15 heavy (non-hydrogen) atoms. The molecule has 0 aliphatic rings. The van der Waals surface area contributed by atoms with Gasteiger partial charge >= 0.3 is 45.1 Å². The molecular weight excluding hydrogens is 259 g/mol. The Bertz CT molecular complexity index is 267. The van der Waals surface area contributed by atoms with Gasteiger partial charge < -0.3 is 21.0 Å². The molecule has 0 radical (unpaired) electrons. The van der Waals surface area contributed by atoms with E-state index in [1.54, 1.807) is 0 Å². The third-order valence-electron chi connectivity index (χ3n) is 1.33. The van der Waals surface area contributed by atoms with E-state index in [0.29, 0.717) is 0 Å². The number of hydrogen-bond donors (Lipinski definition) is 4. The van der Waals surface area contributed by atoms with Gasteiger partial charge in [-0.3, -0.25) is 4.52 Å². The first kappa shape index (κ1) is 18.6. The molecule has 11 heteroatoms. The molecular formula is C4H14NNaO7P2. The summed E-state index contributed by atoms with van der Waals surface area (Å²) in [5.74, 6) is 0. The molecule has 0 fully saturated rings. The molecule has 0 aliphatic heterocycles. The van der Waals surface area contributed by atoms with Gasteiger partial charge in [0.15, 0.2) is 0 Å². The largest absolute Gasteiger partial charge is 1.00 e. The number of hydrogen-bond acceptors (Lipinski definition) is 3. The topological polar surface area (TPSA) is 128 Å². The molecule has 0 aliphatic carbocycles. The zero-order valence-corrected chi connectivity index (χ0v) is 12.3. The summed E-state index contributed by atoms with van der Waals surface area (Å²) in [7, 11) is -7.53. The van der Waals surface area contributed by atoms with Crippen molar-refractivity contribution < 1.29 is 64.2 Å². The van der Waals surface area contributed by atoms with Gasteiger partial charge in [0.2, 0.25) is 0 Å². The van der Waals surface area contributed by atoms with Crippen molar-refractivity contribution in [3.8, 4) is 0 Å². The van der Waals surface area contributed by atoms with E-state index < -0.39 is 15.6 Å². The van der Waals surface area contributed by atoms with Gasteiger partial charge in [0.1, 0.15) is 0 Å². The summed E-state index contributed by atoms with van der Waals surface area (Å²) >= 11 is 0. The van der Waals surface area contributed by atoms with Crippen molar-refractivity contribution in [3.05, 3.63) is 0 Å². The SMILES string of the molecule is CN(CCCOP(=O)(O)O)P(=O)(O)O.[H-].[Na+]. The maximum Gasteiger partial charge on any atom is 1.00 e. The Morgan fingerprint density at radius 2 is 1.73 bits per heavy atom. The third kappa shape index (κ3) is 11.5. The Morgan fingerprint density at radius 3 is 2.07 bits per heavy atom. The normalized spacial score (nSPS) is 12.7. The second-order valence-corrected chi connectivity index (χ2v) is 5.52. The molecule has 0 unspecified atom stereocenters. The molecule has 88 valence electrons. The van der Waals surface area contributed by atoms with Crippen LogP contribution in [0.15, 0.2) is 0 Å². The maximum absolute atomic E-state index is 10.5. The van der Waals surface area contributed by atoms with E-state index in [4.69, 9.17) is 19.6 Å². The van der Waals surface area contributed by atoms with Crippen LogP contribution in [0.1, 0.15) is 7.85 Å². The van der Waals surface area contributed by atoms with Gasteiger partial charge in [-0.15, -0.1) is 0 Å². The molecule has 0 rings (SSSR count). The summed E-state index contributed by atoms with van der Waals surface area (Å²) < 4.78 is 25.6. The van der Waals surface area contributed by atoms with Crippen LogP contribution in [0.3, 0.4) is 0 Å². The molecule has 4 N–H and O–H groups in total. The van der Waals surface area contributed by atoms with E-state index in [1.165, 1.54) is 7.05 Å². The van der Waals surface area contributed by atoms with Crippen molar-refractivity contribution in [3.63, 3.8) is 0 Å². The monoisotopic (exact) mass is 273 g/mol. The van der Waals surface area contributed by atoms with Gasteiger partial charge in [-0.25, -0.2) is 13.8 Å². The standard InChI is InChI=1S/C4H13NO7P2.Na.H/c1-5(13(6,7)8)3-2-4-12-14(9,10)11;;/h2-4H2,1H3,(H2,6,7,8)(H2,9,10,11);;/q;+1;-1. The smallest absolute Gasteiger partial charge is 1.00 e. The van der Waals surface area contributed by atoms with E-state index in [9.17, 15) is 9.13 Å². The van der Waals surface area contributed by atoms with E-state index in [1.807, 2.05) is 0 Å². The first-order chi connectivity index (χ1) is 6.13. The molecule has 0 aromatic carbocycles. The Kier molecular flexibility index (Phi) is 9.32. The van der Waals surface area contributed by atoms with Gasteiger partial charge in [-0.05, 0) is 13.5 Å². The fourth-order valence-electron chi connectivity index (χ4n) is 0.607. The minimum absolute atomic E-state index is 0. The van der Waals surface area contributed by atoms with Gasteiger partial charge in [-0.2, -0.15) is 0 Å². The fourth-order valence-corrected chi connectivity index (χ4v) is 1.38. The van der Waals surface area contributed by atoms with Crippen molar-refractivity contribution in [1.82, 2.24) is 4.67 Å². The second kappa shape index (κ2) is 7.53. The quantitative estimate of drug-likeness (QED) is 0.224. The van der Waals surface area contributed by atoms with Crippen LogP contribution >= 0.6 is 15.6 Å². The van der Waals surface area contributed by atoms with Crippen molar-refractivity contribution in [2.75, 3.05) is 20.2 Å². The fraction of sp³-hybridized carbons (Fsp3) is 1.00. The predicted octanol–water partition coefficient (Wildman–Crippen LogP) is -3.37. The van der Waals surface area contributed by atoms with Crippen LogP contribution in [-0.4, -0.2) is 44.4 Å². The van der Waals surface area contributed by atoms with E-state index >= 15 is 0 Å². The first-order valence-corrected chi connectivity index (χ1v) is 6.70. The molecule has 0 aromatic rings. The molecule has 0 saturated carbocycles. The van der Waals surface area contributed by atoms with Gasteiger partial charge in [-0.1, -0.05) is 0 Å². The molecule has 0 spiro atoms. The van der Waals surface area contributed by atoms with Crippen LogP contribution in [0.25, 0.3) is 0 Å². The Balaban J connectivity index is -0.000000845. The van der Waals surface area contributed by atoms with Crippen molar-refractivity contribution in [2.24, 2.45) is 0 Å². The summed E-state index contributed by atoms with van der Waals surface area (Å²) in [6, 6.07) is 0. The number of phosphoric acid groups is 1. The van der Waals surface area contributed by atoms with Crippen LogP contribution in [0.5, 0.6) is 0 Å². The molecule has 0 aromatic heterocycles. The zero-order valence-electron chi connectivity index (χ0n) is 9.48. The van der Waals surface area contributed by atoms with Gasteiger partial charge in [0.25, 0.3) is 0 Å².